The van der Waals surface area contributed by atoms with Gasteiger partial charge in [0.25, 0.3) is 11.7 Å². The van der Waals surface area contributed by atoms with Crippen LogP contribution in [0.3, 0.4) is 0 Å². The number of rotatable bonds is 13. The first-order valence-electron chi connectivity index (χ1n) is 12.9. The van der Waals surface area contributed by atoms with Crippen LogP contribution >= 0.6 is 0 Å². The van der Waals surface area contributed by atoms with Gasteiger partial charge < -0.3 is 24.4 Å². The molecule has 0 spiro atoms. The highest BCUT2D eigenvalue weighted by atomic mass is 16.5. The fraction of sp³-hybridized carbons (Fsp3) is 0.448. The molecule has 1 saturated heterocycles. The average molecular weight is 495 g/mol. The lowest BCUT2D eigenvalue weighted by molar-refractivity contribution is -0.140. The van der Waals surface area contributed by atoms with E-state index in [0.717, 1.165) is 31.5 Å². The van der Waals surface area contributed by atoms with Gasteiger partial charge in [0.05, 0.1) is 24.8 Å². The predicted octanol–water partition coefficient (Wildman–Crippen LogP) is 5.03. The number of aliphatic hydroxyl groups excluding tert-OH is 1. The zero-order chi connectivity index (χ0) is 26.1. The molecule has 36 heavy (non-hydrogen) atoms. The third-order valence-electron chi connectivity index (χ3n) is 6.34. The third kappa shape index (κ3) is 6.26. The molecule has 0 saturated carbocycles. The number of hydrogen-bond donors (Lipinski definition) is 1. The number of amides is 1. The first-order chi connectivity index (χ1) is 17.4. The molecule has 1 aliphatic heterocycles. The van der Waals surface area contributed by atoms with Gasteiger partial charge in [0.2, 0.25) is 0 Å². The first-order valence-corrected chi connectivity index (χ1v) is 12.9. The van der Waals surface area contributed by atoms with Gasteiger partial charge in [-0.2, -0.15) is 0 Å². The van der Waals surface area contributed by atoms with Crippen molar-refractivity contribution in [2.45, 2.75) is 46.6 Å². The van der Waals surface area contributed by atoms with Crippen molar-refractivity contribution in [2.75, 3.05) is 39.4 Å². The van der Waals surface area contributed by atoms with E-state index in [1.165, 1.54) is 0 Å². The van der Waals surface area contributed by atoms with Crippen LogP contribution in [0.2, 0.25) is 0 Å². The topological polar surface area (TPSA) is 79.3 Å². The molecule has 7 heteroatoms. The van der Waals surface area contributed by atoms with Gasteiger partial charge in [0, 0.05) is 18.7 Å². The van der Waals surface area contributed by atoms with E-state index < -0.39 is 17.7 Å². The molecule has 0 radical (unpaired) electrons. The van der Waals surface area contributed by atoms with Gasteiger partial charge in [-0.1, -0.05) is 39.8 Å². The number of ketones is 1. The summed E-state index contributed by atoms with van der Waals surface area (Å²) < 4.78 is 11.5. The standard InChI is InChI=1S/C29H38N2O5/c1-5-18-35-23-14-12-21(13-15-23)27(32)25-26(22-10-9-11-24(20-22)36-19-6-2)31(29(34)28(25)33)17-16-30(7-3)8-4/h9-15,20,26,32H,5-8,16-19H2,1-4H3. The lowest BCUT2D eigenvalue weighted by Crippen LogP contribution is -2.38. The van der Waals surface area contributed by atoms with Gasteiger partial charge in [-0.3, -0.25) is 9.59 Å². The van der Waals surface area contributed by atoms with Crippen LogP contribution in [0.25, 0.3) is 5.76 Å². The summed E-state index contributed by atoms with van der Waals surface area (Å²) in [5.41, 5.74) is 1.28. The summed E-state index contributed by atoms with van der Waals surface area (Å²) in [4.78, 5) is 30.3. The van der Waals surface area contributed by atoms with Crippen LogP contribution in [0.15, 0.2) is 54.1 Å². The van der Waals surface area contributed by atoms with E-state index in [4.69, 9.17) is 9.47 Å². The molecule has 1 atom stereocenters. The maximum absolute atomic E-state index is 13.3. The molecule has 0 aromatic heterocycles. The van der Waals surface area contributed by atoms with Crippen LogP contribution in [0.4, 0.5) is 0 Å². The van der Waals surface area contributed by atoms with Crippen molar-refractivity contribution < 1.29 is 24.2 Å². The first kappa shape index (κ1) is 27.3. The molecule has 1 amide bonds. The van der Waals surface area contributed by atoms with Gasteiger partial charge in [-0.25, -0.2) is 0 Å². The second-order valence-corrected chi connectivity index (χ2v) is 8.81. The molecule has 1 N–H and O–H groups in total. The Labute approximate surface area is 214 Å². The molecule has 1 heterocycles. The molecule has 2 aromatic rings. The van der Waals surface area contributed by atoms with Crippen LogP contribution in [0.1, 0.15) is 57.7 Å². The SMILES string of the molecule is CCCOc1ccc(C(O)=C2C(=O)C(=O)N(CCN(CC)CC)C2c2cccc(OCCC)c2)cc1. The van der Waals surface area contributed by atoms with E-state index in [0.29, 0.717) is 43.4 Å². The number of likely N-dealkylation sites (N-methyl/N-ethyl adjacent to an activating group) is 1. The van der Waals surface area contributed by atoms with Crippen molar-refractivity contribution in [3.63, 3.8) is 0 Å². The minimum atomic E-state index is -0.707. The minimum Gasteiger partial charge on any atom is -0.507 e. The summed E-state index contributed by atoms with van der Waals surface area (Å²) in [5.74, 6) is -0.114. The number of ether oxygens (including phenoxy) is 2. The van der Waals surface area contributed by atoms with Crippen molar-refractivity contribution in [2.24, 2.45) is 0 Å². The van der Waals surface area contributed by atoms with E-state index in [-0.39, 0.29) is 11.3 Å². The van der Waals surface area contributed by atoms with E-state index >= 15 is 0 Å². The Kier molecular flexibility index (Phi) is 9.94. The maximum atomic E-state index is 13.3. The number of hydrogen-bond acceptors (Lipinski definition) is 6. The Morgan fingerprint density at radius 1 is 0.917 bits per heavy atom. The molecular formula is C29H38N2O5. The zero-order valence-corrected chi connectivity index (χ0v) is 21.8. The largest absolute Gasteiger partial charge is 0.507 e. The monoisotopic (exact) mass is 494 g/mol. The van der Waals surface area contributed by atoms with Gasteiger partial charge in [-0.05, 0) is 67.9 Å². The van der Waals surface area contributed by atoms with Crippen molar-refractivity contribution in [3.05, 3.63) is 65.2 Å². The summed E-state index contributed by atoms with van der Waals surface area (Å²) >= 11 is 0. The molecule has 2 aromatic carbocycles. The van der Waals surface area contributed by atoms with Crippen LogP contribution in [-0.4, -0.2) is 66.0 Å². The summed E-state index contributed by atoms with van der Waals surface area (Å²) in [7, 11) is 0. The van der Waals surface area contributed by atoms with Gasteiger partial charge >= 0.3 is 0 Å². The summed E-state index contributed by atoms with van der Waals surface area (Å²) in [6.45, 7) is 12.1. The zero-order valence-electron chi connectivity index (χ0n) is 21.8. The average Bonchev–Trinajstić information content (AvgIpc) is 3.16. The highest BCUT2D eigenvalue weighted by Crippen LogP contribution is 2.40. The second-order valence-electron chi connectivity index (χ2n) is 8.81. The predicted molar refractivity (Wildman–Crippen MR) is 141 cm³/mol. The highest BCUT2D eigenvalue weighted by Gasteiger charge is 2.46. The molecule has 1 fully saturated rings. The quantitative estimate of drug-likeness (QED) is 0.239. The van der Waals surface area contributed by atoms with Crippen LogP contribution in [-0.2, 0) is 9.59 Å². The molecular weight excluding hydrogens is 456 g/mol. The fourth-order valence-corrected chi connectivity index (χ4v) is 4.32. The van der Waals surface area contributed by atoms with E-state index in [1.54, 1.807) is 29.2 Å². The number of benzene rings is 2. The maximum Gasteiger partial charge on any atom is 0.295 e. The van der Waals surface area contributed by atoms with Crippen molar-refractivity contribution in [1.82, 2.24) is 9.80 Å². The van der Waals surface area contributed by atoms with Gasteiger partial charge in [0.15, 0.2) is 0 Å². The van der Waals surface area contributed by atoms with Crippen molar-refractivity contribution >= 4 is 17.4 Å². The fourth-order valence-electron chi connectivity index (χ4n) is 4.32. The van der Waals surface area contributed by atoms with Gasteiger partial charge in [-0.15, -0.1) is 0 Å². The number of nitrogens with zero attached hydrogens (tertiary/aromatic N) is 2. The molecule has 3 rings (SSSR count). The number of Topliss-reactive ketones (excluding diaryl/α,β-unsaturated/α-hetero) is 1. The Bertz CT molecular complexity index is 1060. The number of likely N-dealkylation sites (tertiary alicyclic amines) is 1. The number of carbonyl (C=O) groups is 2. The molecule has 0 aliphatic carbocycles. The number of aliphatic hydroxyl groups is 1. The van der Waals surface area contributed by atoms with E-state index in [2.05, 4.69) is 18.7 Å². The second kappa shape index (κ2) is 13.1. The number of carbonyl (C=O) groups excluding carboxylic acids is 2. The molecule has 1 aliphatic rings. The van der Waals surface area contributed by atoms with E-state index in [1.807, 2.05) is 38.1 Å². The Balaban J connectivity index is 2.04. The highest BCUT2D eigenvalue weighted by molar-refractivity contribution is 6.46. The minimum absolute atomic E-state index is 0.0921. The van der Waals surface area contributed by atoms with Crippen LogP contribution in [0, 0.1) is 0 Å². The molecule has 194 valence electrons. The third-order valence-corrected chi connectivity index (χ3v) is 6.34. The molecule has 0 bridgehead atoms. The van der Waals surface area contributed by atoms with Crippen molar-refractivity contribution in [1.29, 1.82) is 0 Å². The summed E-state index contributed by atoms with van der Waals surface area (Å²) in [5, 5.41) is 11.3. The smallest absolute Gasteiger partial charge is 0.295 e. The summed E-state index contributed by atoms with van der Waals surface area (Å²) in [6.07, 6.45) is 1.75. The van der Waals surface area contributed by atoms with E-state index in [9.17, 15) is 14.7 Å². The lowest BCUT2D eigenvalue weighted by Gasteiger charge is -2.28. The van der Waals surface area contributed by atoms with Crippen LogP contribution in [0.5, 0.6) is 11.5 Å². The van der Waals surface area contributed by atoms with Gasteiger partial charge in [0.1, 0.15) is 17.3 Å². The van der Waals surface area contributed by atoms with Crippen LogP contribution < -0.4 is 9.47 Å². The Morgan fingerprint density at radius 3 is 2.17 bits per heavy atom. The Hall–Kier alpha value is -3.32. The lowest BCUT2D eigenvalue weighted by atomic mass is 9.95. The molecule has 1 unspecified atom stereocenters. The summed E-state index contributed by atoms with van der Waals surface area (Å²) in [6, 6.07) is 13.7. The Morgan fingerprint density at radius 2 is 1.56 bits per heavy atom. The normalized spacial score (nSPS) is 17.1. The molecule has 7 nitrogen and oxygen atoms in total. The van der Waals surface area contributed by atoms with Crippen molar-refractivity contribution in [3.8, 4) is 11.5 Å².